The molecule has 0 unspecified atom stereocenters. The Balaban J connectivity index is 1.27. The lowest BCUT2D eigenvalue weighted by Gasteiger charge is -2.15. The fourth-order valence-corrected chi connectivity index (χ4v) is 3.81. The Kier molecular flexibility index (Phi) is 8.11. The predicted octanol–water partition coefficient (Wildman–Crippen LogP) is 5.90. The van der Waals surface area contributed by atoms with E-state index in [4.69, 9.17) is 4.74 Å². The van der Waals surface area contributed by atoms with Crippen LogP contribution in [0.3, 0.4) is 0 Å². The zero-order chi connectivity index (χ0) is 25.3. The van der Waals surface area contributed by atoms with Crippen LogP contribution in [-0.4, -0.2) is 25.5 Å². The first-order valence-electron chi connectivity index (χ1n) is 11.8. The number of rotatable bonds is 9. The molecule has 0 aliphatic rings. The zero-order valence-electron chi connectivity index (χ0n) is 20.3. The molecule has 0 bridgehead atoms. The van der Waals surface area contributed by atoms with Gasteiger partial charge in [-0.3, -0.25) is 9.59 Å². The van der Waals surface area contributed by atoms with E-state index in [-0.39, 0.29) is 24.4 Å². The summed E-state index contributed by atoms with van der Waals surface area (Å²) < 4.78 is 5.27. The van der Waals surface area contributed by atoms with E-state index in [0.717, 1.165) is 11.1 Å². The Morgan fingerprint density at radius 3 is 2.08 bits per heavy atom. The average Bonchev–Trinajstić information content (AvgIpc) is 2.93. The van der Waals surface area contributed by atoms with Gasteiger partial charge in [0.25, 0.3) is 5.91 Å². The number of carbonyl (C=O) groups is 2. The van der Waals surface area contributed by atoms with Gasteiger partial charge in [-0.05, 0) is 60.0 Å². The molecular formula is C30H29N3O3. The van der Waals surface area contributed by atoms with E-state index >= 15 is 0 Å². The van der Waals surface area contributed by atoms with E-state index in [2.05, 4.69) is 52.3 Å². The molecule has 0 fully saturated rings. The molecule has 36 heavy (non-hydrogen) atoms. The quantitative estimate of drug-likeness (QED) is 0.279. The lowest BCUT2D eigenvalue weighted by molar-refractivity contribution is -0.115. The van der Waals surface area contributed by atoms with Crippen LogP contribution < -0.4 is 20.7 Å². The maximum absolute atomic E-state index is 12.6. The minimum atomic E-state index is -0.258. The highest BCUT2D eigenvalue weighted by Crippen LogP contribution is 2.24. The molecule has 0 saturated heterocycles. The number of carbonyl (C=O) groups excluding carboxylic acids is 2. The van der Waals surface area contributed by atoms with E-state index in [1.807, 2.05) is 37.3 Å². The molecule has 0 aromatic heterocycles. The Morgan fingerprint density at radius 1 is 0.750 bits per heavy atom. The topological polar surface area (TPSA) is 79.5 Å². The summed E-state index contributed by atoms with van der Waals surface area (Å²) in [6, 6.07) is 32.5. The van der Waals surface area contributed by atoms with Gasteiger partial charge >= 0.3 is 0 Å². The second kappa shape index (κ2) is 11.8. The van der Waals surface area contributed by atoms with Crippen molar-refractivity contribution in [3.05, 3.63) is 114 Å². The summed E-state index contributed by atoms with van der Waals surface area (Å²) >= 11 is 0. The molecule has 0 aliphatic heterocycles. The molecule has 1 atom stereocenters. The minimum Gasteiger partial charge on any atom is -0.495 e. The van der Waals surface area contributed by atoms with Crippen molar-refractivity contribution in [1.29, 1.82) is 0 Å². The van der Waals surface area contributed by atoms with Crippen molar-refractivity contribution in [3.8, 4) is 16.9 Å². The second-order valence-corrected chi connectivity index (χ2v) is 8.37. The highest BCUT2D eigenvalue weighted by Gasteiger charge is 2.11. The zero-order valence-corrected chi connectivity index (χ0v) is 20.3. The fourth-order valence-electron chi connectivity index (χ4n) is 3.81. The number of ether oxygens (including phenoxy) is 1. The van der Waals surface area contributed by atoms with Crippen LogP contribution in [0.15, 0.2) is 103 Å². The van der Waals surface area contributed by atoms with Crippen molar-refractivity contribution in [3.63, 3.8) is 0 Å². The van der Waals surface area contributed by atoms with Gasteiger partial charge in [-0.2, -0.15) is 0 Å². The van der Waals surface area contributed by atoms with Crippen LogP contribution in [0.2, 0.25) is 0 Å². The smallest absolute Gasteiger partial charge is 0.255 e. The molecule has 6 nitrogen and oxygen atoms in total. The van der Waals surface area contributed by atoms with E-state index in [0.29, 0.717) is 22.7 Å². The largest absolute Gasteiger partial charge is 0.495 e. The van der Waals surface area contributed by atoms with E-state index < -0.39 is 0 Å². The number of methoxy groups -OCH3 is 1. The van der Waals surface area contributed by atoms with Gasteiger partial charge in [0.05, 0.1) is 19.3 Å². The van der Waals surface area contributed by atoms with Gasteiger partial charge in [-0.15, -0.1) is 0 Å². The first-order valence-corrected chi connectivity index (χ1v) is 11.8. The second-order valence-electron chi connectivity index (χ2n) is 8.37. The molecule has 0 spiro atoms. The summed E-state index contributed by atoms with van der Waals surface area (Å²) in [7, 11) is 1.56. The van der Waals surface area contributed by atoms with Crippen molar-refractivity contribution in [2.24, 2.45) is 0 Å². The first-order chi connectivity index (χ1) is 17.5. The van der Waals surface area contributed by atoms with Crippen LogP contribution in [0.25, 0.3) is 11.1 Å². The van der Waals surface area contributed by atoms with Gasteiger partial charge in [0.2, 0.25) is 5.91 Å². The fraction of sp³-hybridized carbons (Fsp3) is 0.133. The standard InChI is InChI=1S/C30H29N3O3/c1-21(22-12-14-24(15-13-22)23-8-4-3-5-9-23)31-20-29(34)32-26-18-16-25(17-19-26)30(35)33-27-10-6-7-11-28(27)36-2/h3-19,21,31H,20H2,1-2H3,(H,32,34)(H,33,35)/t21-/m0/s1. The summed E-state index contributed by atoms with van der Waals surface area (Å²) in [6.45, 7) is 2.19. The van der Waals surface area contributed by atoms with Crippen molar-refractivity contribution >= 4 is 23.2 Å². The number of benzene rings is 4. The Morgan fingerprint density at radius 2 is 1.39 bits per heavy atom. The Labute approximate surface area is 211 Å². The SMILES string of the molecule is COc1ccccc1NC(=O)c1ccc(NC(=O)CN[C@@H](C)c2ccc(-c3ccccc3)cc2)cc1. The third-order valence-electron chi connectivity index (χ3n) is 5.87. The van der Waals surface area contributed by atoms with Crippen molar-refractivity contribution < 1.29 is 14.3 Å². The summed E-state index contributed by atoms with van der Waals surface area (Å²) in [5.74, 6) is 0.170. The summed E-state index contributed by atoms with van der Waals surface area (Å²) in [5.41, 5.74) is 5.13. The van der Waals surface area contributed by atoms with Crippen molar-refractivity contribution in [2.75, 3.05) is 24.3 Å². The number of anilines is 2. The lowest BCUT2D eigenvalue weighted by atomic mass is 10.0. The predicted molar refractivity (Wildman–Crippen MR) is 144 cm³/mol. The van der Waals surface area contributed by atoms with Gasteiger partial charge in [-0.1, -0.05) is 66.7 Å². The molecule has 0 radical (unpaired) electrons. The maximum Gasteiger partial charge on any atom is 0.255 e. The van der Waals surface area contributed by atoms with Crippen LogP contribution >= 0.6 is 0 Å². The summed E-state index contributed by atoms with van der Waals surface area (Å²) in [5, 5.41) is 8.96. The number of nitrogens with one attached hydrogen (secondary N) is 3. The van der Waals surface area contributed by atoms with Crippen LogP contribution in [0.1, 0.15) is 28.9 Å². The van der Waals surface area contributed by atoms with E-state index in [9.17, 15) is 9.59 Å². The molecule has 4 aromatic carbocycles. The van der Waals surface area contributed by atoms with Gasteiger partial charge in [0.1, 0.15) is 5.75 Å². The Hall–Kier alpha value is -4.42. The number of para-hydroxylation sites is 2. The minimum absolute atomic E-state index is 0.0154. The number of amides is 2. The highest BCUT2D eigenvalue weighted by molar-refractivity contribution is 6.05. The normalized spacial score (nSPS) is 11.4. The van der Waals surface area contributed by atoms with Gasteiger partial charge in [-0.25, -0.2) is 0 Å². The number of hydrogen-bond donors (Lipinski definition) is 3. The molecule has 0 aliphatic carbocycles. The number of hydrogen-bond acceptors (Lipinski definition) is 4. The Bertz CT molecular complexity index is 1300. The van der Waals surface area contributed by atoms with Crippen LogP contribution in [0.4, 0.5) is 11.4 Å². The molecule has 6 heteroatoms. The molecule has 2 amide bonds. The molecule has 0 saturated carbocycles. The maximum atomic E-state index is 12.6. The molecule has 3 N–H and O–H groups in total. The van der Waals surface area contributed by atoms with Crippen LogP contribution in [-0.2, 0) is 4.79 Å². The van der Waals surface area contributed by atoms with Crippen LogP contribution in [0.5, 0.6) is 5.75 Å². The highest BCUT2D eigenvalue weighted by atomic mass is 16.5. The van der Waals surface area contributed by atoms with Gasteiger partial charge in [0, 0.05) is 17.3 Å². The third kappa shape index (κ3) is 6.37. The third-order valence-corrected chi connectivity index (χ3v) is 5.87. The molecular weight excluding hydrogens is 450 g/mol. The van der Waals surface area contributed by atoms with Crippen LogP contribution in [0, 0.1) is 0 Å². The molecule has 0 heterocycles. The molecule has 4 aromatic rings. The first kappa shape index (κ1) is 24.7. The van der Waals surface area contributed by atoms with E-state index in [1.165, 1.54) is 5.56 Å². The summed E-state index contributed by atoms with van der Waals surface area (Å²) in [4.78, 5) is 25.0. The monoisotopic (exact) mass is 479 g/mol. The van der Waals surface area contributed by atoms with Gasteiger partial charge in [0.15, 0.2) is 0 Å². The van der Waals surface area contributed by atoms with E-state index in [1.54, 1.807) is 43.5 Å². The van der Waals surface area contributed by atoms with Crippen molar-refractivity contribution in [1.82, 2.24) is 5.32 Å². The molecule has 182 valence electrons. The molecule has 4 rings (SSSR count). The van der Waals surface area contributed by atoms with Crippen molar-refractivity contribution in [2.45, 2.75) is 13.0 Å². The summed E-state index contributed by atoms with van der Waals surface area (Å²) in [6.07, 6.45) is 0. The van der Waals surface area contributed by atoms with Gasteiger partial charge < -0.3 is 20.7 Å². The lowest BCUT2D eigenvalue weighted by Crippen LogP contribution is -2.30. The average molecular weight is 480 g/mol.